The third-order valence-electron chi connectivity index (χ3n) is 6.23. The zero-order valence-electron chi connectivity index (χ0n) is 22.3. The number of nitrogens with zero attached hydrogens (tertiary/aromatic N) is 5. The van der Waals surface area contributed by atoms with Crippen LogP contribution < -0.4 is 15.5 Å². The maximum absolute atomic E-state index is 13.2. The molecule has 9 nitrogen and oxygen atoms in total. The largest absolute Gasteiger partial charge is 0.416 e. The van der Waals surface area contributed by atoms with Gasteiger partial charge in [-0.05, 0) is 68.8 Å². The number of alkyl halides is 3. The summed E-state index contributed by atoms with van der Waals surface area (Å²) >= 11 is 0. The molecular formula is C29H25F3N8O. The van der Waals surface area contributed by atoms with Crippen molar-refractivity contribution in [3.63, 3.8) is 0 Å². The van der Waals surface area contributed by atoms with E-state index in [1.54, 1.807) is 41.6 Å². The molecule has 5 aromatic rings. The first-order chi connectivity index (χ1) is 19.6. The van der Waals surface area contributed by atoms with Crippen LogP contribution in [0.25, 0.3) is 0 Å². The molecule has 1 amide bonds. The zero-order valence-corrected chi connectivity index (χ0v) is 22.3. The van der Waals surface area contributed by atoms with Gasteiger partial charge in [0.05, 0.1) is 22.6 Å². The molecule has 12 heteroatoms. The summed E-state index contributed by atoms with van der Waals surface area (Å²) in [6, 6.07) is 15.0. The monoisotopic (exact) mass is 558 g/mol. The van der Waals surface area contributed by atoms with Crippen molar-refractivity contribution in [3.05, 3.63) is 107 Å². The number of hydrogen-bond donors (Lipinski definition) is 3. The lowest BCUT2D eigenvalue weighted by Crippen LogP contribution is -2.17. The Balaban J connectivity index is 1.48. The summed E-state index contributed by atoms with van der Waals surface area (Å²) in [4.78, 5) is 35.4. The van der Waals surface area contributed by atoms with Crippen molar-refractivity contribution < 1.29 is 18.0 Å². The van der Waals surface area contributed by atoms with Gasteiger partial charge in [0, 0.05) is 35.4 Å². The molecule has 0 saturated heterocycles. The third kappa shape index (κ3) is 6.16. The molecule has 2 aromatic carbocycles. The molecule has 0 radical (unpaired) electrons. The van der Waals surface area contributed by atoms with Gasteiger partial charge >= 0.3 is 6.18 Å². The molecule has 3 heterocycles. The van der Waals surface area contributed by atoms with Crippen molar-refractivity contribution in [1.29, 1.82) is 0 Å². The first kappa shape index (κ1) is 27.3. The fourth-order valence-electron chi connectivity index (χ4n) is 4.19. The highest BCUT2D eigenvalue weighted by Crippen LogP contribution is 2.36. The Kier molecular flexibility index (Phi) is 7.38. The molecule has 3 N–H and O–H groups in total. The van der Waals surface area contributed by atoms with Gasteiger partial charge < -0.3 is 15.6 Å². The second-order valence-electron chi connectivity index (χ2n) is 9.25. The van der Waals surface area contributed by atoms with E-state index in [4.69, 9.17) is 0 Å². The van der Waals surface area contributed by atoms with Gasteiger partial charge in [0.1, 0.15) is 18.0 Å². The lowest BCUT2D eigenvalue weighted by molar-refractivity contribution is -0.137. The number of amides is 1. The van der Waals surface area contributed by atoms with Crippen LogP contribution in [0.3, 0.4) is 0 Å². The first-order valence-corrected chi connectivity index (χ1v) is 12.5. The van der Waals surface area contributed by atoms with E-state index in [0.717, 1.165) is 34.8 Å². The number of H-pyrrole nitrogens is 1. The van der Waals surface area contributed by atoms with Crippen LogP contribution in [0.1, 0.15) is 32.9 Å². The molecule has 41 heavy (non-hydrogen) atoms. The average molecular weight is 559 g/mol. The number of carbonyl (C=O) groups excluding carboxylic acids is 1. The van der Waals surface area contributed by atoms with Gasteiger partial charge in [0.15, 0.2) is 0 Å². The predicted molar refractivity (Wildman–Crippen MR) is 150 cm³/mol. The van der Waals surface area contributed by atoms with Crippen molar-refractivity contribution in [2.75, 3.05) is 15.5 Å². The van der Waals surface area contributed by atoms with Crippen LogP contribution in [0.4, 0.5) is 47.8 Å². The Morgan fingerprint density at radius 1 is 0.951 bits per heavy atom. The summed E-state index contributed by atoms with van der Waals surface area (Å²) in [5.41, 5.74) is 3.31. The Morgan fingerprint density at radius 3 is 2.51 bits per heavy atom. The van der Waals surface area contributed by atoms with Crippen molar-refractivity contribution in [1.82, 2.24) is 24.9 Å². The molecule has 0 aliphatic carbocycles. The van der Waals surface area contributed by atoms with Crippen LogP contribution in [-0.2, 0) is 6.18 Å². The number of imidazole rings is 1. The number of aromatic amines is 1. The first-order valence-electron chi connectivity index (χ1n) is 12.5. The number of pyridine rings is 1. The summed E-state index contributed by atoms with van der Waals surface area (Å²) in [6.45, 7) is 5.69. The highest BCUT2D eigenvalue weighted by atomic mass is 19.4. The van der Waals surface area contributed by atoms with Crippen molar-refractivity contribution in [3.8, 4) is 0 Å². The van der Waals surface area contributed by atoms with E-state index in [9.17, 15) is 18.0 Å². The Morgan fingerprint density at radius 2 is 1.78 bits per heavy atom. The lowest BCUT2D eigenvalue weighted by Gasteiger charge is -2.24. The van der Waals surface area contributed by atoms with Crippen LogP contribution >= 0.6 is 0 Å². The minimum absolute atomic E-state index is 0.114. The van der Waals surface area contributed by atoms with Gasteiger partial charge in [-0.25, -0.2) is 15.0 Å². The standard InChI is InChI=1S/C29H25F3N8O/c1-17-7-9-22(38-27(41)20-5-4-6-21(13-20)29(30,31)32)14-24(17)40(28-33-11-12-34-28)26-15-25(35-16-36-26)39-23-10-8-18(2)37-19(23)3/h4-16H,1-3H3,(H,33,34)(H,38,41)(H,35,36,39). The maximum atomic E-state index is 13.2. The van der Waals surface area contributed by atoms with Crippen LogP contribution in [0.5, 0.6) is 0 Å². The number of anilines is 6. The molecule has 0 saturated carbocycles. The average Bonchev–Trinajstić information content (AvgIpc) is 3.46. The summed E-state index contributed by atoms with van der Waals surface area (Å²) in [7, 11) is 0. The fourth-order valence-corrected chi connectivity index (χ4v) is 4.19. The SMILES string of the molecule is Cc1ccc(Nc2cc(N(c3ncc[nH]3)c3cc(NC(=O)c4cccc(C(F)(F)F)c4)ccc3C)ncn2)c(C)n1. The smallest absolute Gasteiger partial charge is 0.339 e. The predicted octanol–water partition coefficient (Wildman–Crippen LogP) is 7.00. The number of rotatable bonds is 7. The Hall–Kier alpha value is -5.26. The summed E-state index contributed by atoms with van der Waals surface area (Å²) in [5, 5.41) is 5.96. The van der Waals surface area contributed by atoms with Crippen LogP contribution in [0.15, 0.2) is 79.4 Å². The number of nitrogens with one attached hydrogen (secondary N) is 3. The zero-order chi connectivity index (χ0) is 29.1. The third-order valence-corrected chi connectivity index (χ3v) is 6.23. The van der Waals surface area contributed by atoms with E-state index in [0.29, 0.717) is 29.0 Å². The van der Waals surface area contributed by atoms with E-state index >= 15 is 0 Å². The van der Waals surface area contributed by atoms with E-state index in [2.05, 4.69) is 35.6 Å². The molecule has 0 bridgehead atoms. The summed E-state index contributed by atoms with van der Waals surface area (Å²) in [5.74, 6) is 0.768. The van der Waals surface area contributed by atoms with Crippen LogP contribution in [0.2, 0.25) is 0 Å². The van der Waals surface area contributed by atoms with E-state index in [1.807, 2.05) is 32.9 Å². The number of hydrogen-bond acceptors (Lipinski definition) is 7. The highest BCUT2D eigenvalue weighted by molar-refractivity contribution is 6.04. The van der Waals surface area contributed by atoms with Crippen molar-refractivity contribution in [2.45, 2.75) is 26.9 Å². The number of aryl methyl sites for hydroxylation is 3. The lowest BCUT2D eigenvalue weighted by atomic mass is 10.1. The molecular weight excluding hydrogens is 533 g/mol. The number of benzene rings is 2. The topological polar surface area (TPSA) is 112 Å². The maximum Gasteiger partial charge on any atom is 0.416 e. The summed E-state index contributed by atoms with van der Waals surface area (Å²) in [6.07, 6.45) is 0.118. The fraction of sp³-hybridized carbons (Fsp3) is 0.138. The molecule has 208 valence electrons. The van der Waals surface area contributed by atoms with Crippen molar-refractivity contribution >= 4 is 40.6 Å². The van der Waals surface area contributed by atoms with Gasteiger partial charge in [0.2, 0.25) is 5.95 Å². The van der Waals surface area contributed by atoms with E-state index in [-0.39, 0.29) is 5.56 Å². The highest BCUT2D eigenvalue weighted by Gasteiger charge is 2.31. The molecule has 0 aliphatic heterocycles. The quantitative estimate of drug-likeness (QED) is 0.197. The molecule has 0 unspecified atom stereocenters. The van der Waals surface area contributed by atoms with E-state index < -0.39 is 17.6 Å². The Labute approximate surface area is 233 Å². The number of carbonyl (C=O) groups is 1. The van der Waals surface area contributed by atoms with Gasteiger partial charge in [-0.1, -0.05) is 12.1 Å². The molecule has 0 spiro atoms. The van der Waals surface area contributed by atoms with Gasteiger partial charge in [-0.15, -0.1) is 0 Å². The second kappa shape index (κ2) is 11.1. The van der Waals surface area contributed by atoms with Gasteiger partial charge in [-0.3, -0.25) is 14.7 Å². The molecule has 3 aromatic heterocycles. The molecule has 0 atom stereocenters. The van der Waals surface area contributed by atoms with Crippen LogP contribution in [-0.4, -0.2) is 30.8 Å². The Bertz CT molecular complexity index is 1700. The van der Waals surface area contributed by atoms with E-state index in [1.165, 1.54) is 18.5 Å². The van der Waals surface area contributed by atoms with Gasteiger partial charge in [-0.2, -0.15) is 13.2 Å². The molecule has 0 fully saturated rings. The van der Waals surface area contributed by atoms with Crippen LogP contribution in [0, 0.1) is 20.8 Å². The van der Waals surface area contributed by atoms with Crippen molar-refractivity contribution in [2.24, 2.45) is 0 Å². The normalized spacial score (nSPS) is 11.3. The number of halogens is 3. The number of aromatic nitrogens is 5. The minimum Gasteiger partial charge on any atom is -0.339 e. The summed E-state index contributed by atoms with van der Waals surface area (Å²) < 4.78 is 39.5. The second-order valence-corrected chi connectivity index (χ2v) is 9.25. The molecule has 5 rings (SSSR count). The molecule has 0 aliphatic rings. The minimum atomic E-state index is -4.56. The van der Waals surface area contributed by atoms with Gasteiger partial charge in [0.25, 0.3) is 5.91 Å².